The monoisotopic (exact) mass is 445 g/mol. The Labute approximate surface area is 190 Å². The van der Waals surface area contributed by atoms with E-state index in [9.17, 15) is 14.4 Å². The van der Waals surface area contributed by atoms with Crippen LogP contribution in [0.15, 0.2) is 66.7 Å². The fraction of sp³-hybridized carbons (Fsp3) is 0.160. The first-order chi connectivity index (χ1) is 16.0. The van der Waals surface area contributed by atoms with Crippen molar-refractivity contribution in [3.8, 4) is 11.5 Å². The molecule has 0 aliphatic carbocycles. The molecule has 3 aromatic carbocycles. The molecule has 0 atom stereocenters. The van der Waals surface area contributed by atoms with Crippen molar-refractivity contribution < 1.29 is 23.9 Å². The Hall–Kier alpha value is -4.33. The molecule has 0 unspecified atom stereocenters. The lowest BCUT2D eigenvalue weighted by Crippen LogP contribution is -2.34. The van der Waals surface area contributed by atoms with Crippen LogP contribution in [0.2, 0.25) is 0 Å². The summed E-state index contributed by atoms with van der Waals surface area (Å²) < 4.78 is 10.5. The van der Waals surface area contributed by atoms with Gasteiger partial charge < -0.3 is 25.4 Å². The number of aryl methyl sites for hydroxylation is 1. The molecule has 0 aromatic heterocycles. The molecule has 1 heterocycles. The lowest BCUT2D eigenvalue weighted by Gasteiger charge is -2.09. The van der Waals surface area contributed by atoms with E-state index in [1.807, 2.05) is 19.1 Å². The fourth-order valence-electron chi connectivity index (χ4n) is 3.21. The number of carbonyl (C=O) groups excluding carboxylic acids is 3. The number of amides is 3. The molecule has 1 aliphatic heterocycles. The minimum Gasteiger partial charge on any atom is -0.454 e. The van der Waals surface area contributed by atoms with Crippen LogP contribution >= 0.6 is 0 Å². The van der Waals surface area contributed by atoms with E-state index in [-0.39, 0.29) is 37.6 Å². The highest BCUT2D eigenvalue weighted by molar-refractivity contribution is 6.04. The molecule has 0 spiro atoms. The number of nitrogens with one attached hydrogen (secondary N) is 3. The first kappa shape index (κ1) is 21.9. The molecule has 0 radical (unpaired) electrons. The molecule has 4 rings (SSSR count). The largest absolute Gasteiger partial charge is 0.454 e. The lowest BCUT2D eigenvalue weighted by atomic mass is 10.1. The zero-order valence-corrected chi connectivity index (χ0v) is 18.0. The molecule has 8 heteroatoms. The van der Waals surface area contributed by atoms with E-state index in [2.05, 4.69) is 16.0 Å². The van der Waals surface area contributed by atoms with Crippen molar-refractivity contribution in [2.24, 2.45) is 0 Å². The van der Waals surface area contributed by atoms with Crippen LogP contribution in [0, 0.1) is 6.92 Å². The summed E-state index contributed by atoms with van der Waals surface area (Å²) in [6.07, 6.45) is 0. The third kappa shape index (κ3) is 5.48. The van der Waals surface area contributed by atoms with Crippen LogP contribution in [0.25, 0.3) is 0 Å². The van der Waals surface area contributed by atoms with Crippen LogP contribution in [0.4, 0.5) is 5.69 Å². The molecule has 0 saturated carbocycles. The molecule has 33 heavy (non-hydrogen) atoms. The number of ether oxygens (including phenoxy) is 2. The molecule has 168 valence electrons. The van der Waals surface area contributed by atoms with Gasteiger partial charge in [-0.1, -0.05) is 17.7 Å². The lowest BCUT2D eigenvalue weighted by molar-refractivity contribution is 0.0927. The standard InChI is InChI=1S/C25H23N3O5/c1-16-2-4-18(5-3-16)25(31)28-20-9-6-17(7-10-20)23(29)26-12-13-27-24(30)19-8-11-21-22(14-19)33-15-32-21/h2-11,14H,12-13,15H2,1H3,(H,26,29)(H,27,30)(H,28,31). The highest BCUT2D eigenvalue weighted by Crippen LogP contribution is 2.32. The van der Waals surface area contributed by atoms with E-state index in [4.69, 9.17) is 9.47 Å². The fourth-order valence-corrected chi connectivity index (χ4v) is 3.21. The Balaban J connectivity index is 1.22. The van der Waals surface area contributed by atoms with Gasteiger partial charge in [0.1, 0.15) is 0 Å². The van der Waals surface area contributed by atoms with Crippen LogP contribution in [0.1, 0.15) is 36.6 Å². The van der Waals surface area contributed by atoms with Gasteiger partial charge in [0.15, 0.2) is 11.5 Å². The predicted octanol–water partition coefficient (Wildman–Crippen LogP) is 3.14. The van der Waals surface area contributed by atoms with Crippen molar-refractivity contribution in [1.29, 1.82) is 0 Å². The van der Waals surface area contributed by atoms with Gasteiger partial charge in [0.25, 0.3) is 17.7 Å². The number of hydrogen-bond donors (Lipinski definition) is 3. The number of hydrogen-bond acceptors (Lipinski definition) is 5. The Bertz CT molecular complexity index is 1170. The highest BCUT2D eigenvalue weighted by Gasteiger charge is 2.16. The maximum atomic E-state index is 12.3. The average molecular weight is 445 g/mol. The maximum absolute atomic E-state index is 12.3. The first-order valence-corrected chi connectivity index (χ1v) is 10.4. The Morgan fingerprint density at radius 2 is 1.24 bits per heavy atom. The summed E-state index contributed by atoms with van der Waals surface area (Å²) in [4.78, 5) is 36.9. The Morgan fingerprint density at radius 3 is 1.94 bits per heavy atom. The van der Waals surface area contributed by atoms with E-state index in [1.54, 1.807) is 54.6 Å². The van der Waals surface area contributed by atoms with Crippen LogP contribution < -0.4 is 25.4 Å². The Kier molecular flexibility index (Phi) is 6.54. The summed E-state index contributed by atoms with van der Waals surface area (Å²) in [5.41, 5.74) is 3.13. The van der Waals surface area contributed by atoms with Crippen molar-refractivity contribution in [2.45, 2.75) is 6.92 Å². The SMILES string of the molecule is Cc1ccc(C(=O)Nc2ccc(C(=O)NCCNC(=O)c3ccc4c(c3)OCO4)cc2)cc1. The molecule has 0 fully saturated rings. The third-order valence-corrected chi connectivity index (χ3v) is 5.05. The summed E-state index contributed by atoms with van der Waals surface area (Å²) in [6.45, 7) is 2.63. The number of carbonyl (C=O) groups is 3. The molecule has 0 bridgehead atoms. The van der Waals surface area contributed by atoms with Gasteiger partial charge in [-0.25, -0.2) is 0 Å². The number of rotatable bonds is 7. The van der Waals surface area contributed by atoms with Gasteiger partial charge in [0.2, 0.25) is 6.79 Å². The zero-order chi connectivity index (χ0) is 23.2. The van der Waals surface area contributed by atoms with E-state index in [0.717, 1.165) is 5.56 Å². The number of benzene rings is 3. The predicted molar refractivity (Wildman–Crippen MR) is 123 cm³/mol. The van der Waals surface area contributed by atoms with E-state index >= 15 is 0 Å². The molecular weight excluding hydrogens is 422 g/mol. The van der Waals surface area contributed by atoms with Crippen LogP contribution in [0.5, 0.6) is 11.5 Å². The number of anilines is 1. The van der Waals surface area contributed by atoms with Gasteiger partial charge in [0.05, 0.1) is 0 Å². The van der Waals surface area contributed by atoms with Gasteiger partial charge in [-0.3, -0.25) is 14.4 Å². The molecule has 0 saturated heterocycles. The zero-order valence-electron chi connectivity index (χ0n) is 18.0. The normalized spacial score (nSPS) is 11.5. The van der Waals surface area contributed by atoms with Gasteiger partial charge >= 0.3 is 0 Å². The van der Waals surface area contributed by atoms with E-state index in [1.165, 1.54) is 0 Å². The summed E-state index contributed by atoms with van der Waals surface area (Å²) in [6, 6.07) is 18.8. The van der Waals surface area contributed by atoms with Crippen molar-refractivity contribution in [3.05, 3.63) is 89.0 Å². The summed E-state index contributed by atoms with van der Waals surface area (Å²) >= 11 is 0. The number of fused-ring (bicyclic) bond motifs is 1. The van der Waals surface area contributed by atoms with Crippen LogP contribution in [-0.2, 0) is 0 Å². The second kappa shape index (κ2) is 9.86. The van der Waals surface area contributed by atoms with Crippen molar-refractivity contribution in [3.63, 3.8) is 0 Å². The Morgan fingerprint density at radius 1 is 0.697 bits per heavy atom. The summed E-state index contributed by atoms with van der Waals surface area (Å²) in [7, 11) is 0. The molecule has 3 N–H and O–H groups in total. The van der Waals surface area contributed by atoms with Gasteiger partial charge in [0, 0.05) is 35.5 Å². The highest BCUT2D eigenvalue weighted by atomic mass is 16.7. The molecular formula is C25H23N3O5. The first-order valence-electron chi connectivity index (χ1n) is 10.4. The van der Waals surface area contributed by atoms with Crippen molar-refractivity contribution >= 4 is 23.4 Å². The maximum Gasteiger partial charge on any atom is 0.255 e. The minimum atomic E-state index is -0.274. The smallest absolute Gasteiger partial charge is 0.255 e. The van der Waals surface area contributed by atoms with Crippen LogP contribution in [-0.4, -0.2) is 37.6 Å². The van der Waals surface area contributed by atoms with Gasteiger partial charge in [-0.2, -0.15) is 0 Å². The van der Waals surface area contributed by atoms with Crippen LogP contribution in [0.3, 0.4) is 0 Å². The van der Waals surface area contributed by atoms with Crippen molar-refractivity contribution in [1.82, 2.24) is 10.6 Å². The quantitative estimate of drug-likeness (QED) is 0.485. The third-order valence-electron chi connectivity index (χ3n) is 5.05. The topological polar surface area (TPSA) is 106 Å². The van der Waals surface area contributed by atoms with Gasteiger partial charge in [-0.05, 0) is 61.5 Å². The molecule has 8 nitrogen and oxygen atoms in total. The second-order valence-electron chi connectivity index (χ2n) is 7.48. The molecule has 3 amide bonds. The minimum absolute atomic E-state index is 0.145. The van der Waals surface area contributed by atoms with Gasteiger partial charge in [-0.15, -0.1) is 0 Å². The summed E-state index contributed by atoms with van der Waals surface area (Å²) in [5, 5.41) is 8.31. The average Bonchev–Trinajstić information content (AvgIpc) is 3.30. The van der Waals surface area contributed by atoms with Crippen molar-refractivity contribution in [2.75, 3.05) is 25.2 Å². The second-order valence-corrected chi connectivity index (χ2v) is 7.48. The molecule has 3 aromatic rings. The van der Waals surface area contributed by atoms with E-state index < -0.39 is 0 Å². The molecule has 1 aliphatic rings. The summed E-state index contributed by atoms with van der Waals surface area (Å²) in [5.74, 6) is 0.388. The van der Waals surface area contributed by atoms with E-state index in [0.29, 0.717) is 33.9 Å².